The van der Waals surface area contributed by atoms with Gasteiger partial charge in [0.2, 0.25) is 0 Å². The molecule has 1 aliphatic heterocycles. The van der Waals surface area contributed by atoms with E-state index in [9.17, 15) is 0 Å². The largest absolute Gasteiger partial charge is 0.497 e. The maximum atomic E-state index is 5.55. The Kier molecular flexibility index (Phi) is 11.7. The second-order valence-electron chi connectivity index (χ2n) is 7.21. The maximum absolute atomic E-state index is 5.55. The molecule has 1 saturated heterocycles. The number of halogens is 1. The third-order valence-corrected chi connectivity index (χ3v) is 5.17. The number of rotatable bonds is 10. The number of hydrogen-bond donors (Lipinski definition) is 2. The number of methoxy groups -OCH3 is 1. The third kappa shape index (κ3) is 8.30. The zero-order valence-electron chi connectivity index (χ0n) is 18.5. The molecule has 3 rings (SSSR count). The number of aliphatic imine (C=N–C) groups is 1. The summed E-state index contributed by atoms with van der Waals surface area (Å²) in [6.07, 6.45) is 4.78. The molecule has 1 aliphatic rings. The number of nitrogens with one attached hydrogen (secondary N) is 2. The van der Waals surface area contributed by atoms with Gasteiger partial charge in [-0.25, -0.2) is 0 Å². The standard InChI is InChI=1S/C22H34N6O2.HI/c1-3-23-22(24-10-4-12-28-13-5-11-26-28)25-18-21(27-14-16-30-17-15-27)19-6-8-20(29-2)9-7-19;/h5-9,11,13,21H,3-4,10,12,14-18H2,1-2H3,(H2,23,24,25);1H. The molecule has 2 heterocycles. The summed E-state index contributed by atoms with van der Waals surface area (Å²) in [7, 11) is 1.69. The average Bonchev–Trinajstić information content (AvgIpc) is 3.31. The Hall–Kier alpha value is -1.85. The Morgan fingerprint density at radius 1 is 1.23 bits per heavy atom. The molecule has 0 aliphatic carbocycles. The molecule has 0 radical (unpaired) electrons. The van der Waals surface area contributed by atoms with E-state index in [1.54, 1.807) is 7.11 Å². The Bertz CT molecular complexity index is 748. The van der Waals surface area contributed by atoms with E-state index in [0.717, 1.165) is 64.1 Å². The van der Waals surface area contributed by atoms with Crippen molar-refractivity contribution in [2.75, 3.05) is 53.0 Å². The molecule has 0 bridgehead atoms. The van der Waals surface area contributed by atoms with Crippen LogP contribution in [0.5, 0.6) is 5.75 Å². The summed E-state index contributed by atoms with van der Waals surface area (Å²) in [5, 5.41) is 11.0. The fourth-order valence-electron chi connectivity index (χ4n) is 3.55. The highest BCUT2D eigenvalue weighted by Gasteiger charge is 2.22. The molecule has 1 fully saturated rings. The van der Waals surface area contributed by atoms with E-state index in [-0.39, 0.29) is 30.0 Å². The van der Waals surface area contributed by atoms with Crippen molar-refractivity contribution >= 4 is 29.9 Å². The normalized spacial score (nSPS) is 15.7. The van der Waals surface area contributed by atoms with Gasteiger partial charge in [0.25, 0.3) is 0 Å². The first kappa shape index (κ1) is 25.4. The van der Waals surface area contributed by atoms with Crippen LogP contribution in [-0.2, 0) is 11.3 Å². The van der Waals surface area contributed by atoms with Crippen molar-refractivity contribution in [3.63, 3.8) is 0 Å². The Morgan fingerprint density at radius 3 is 2.65 bits per heavy atom. The number of hydrogen-bond acceptors (Lipinski definition) is 5. The van der Waals surface area contributed by atoms with Crippen LogP contribution < -0.4 is 15.4 Å². The van der Waals surface area contributed by atoms with Crippen LogP contribution in [0.4, 0.5) is 0 Å². The molecule has 2 N–H and O–H groups in total. The van der Waals surface area contributed by atoms with E-state index < -0.39 is 0 Å². The van der Waals surface area contributed by atoms with E-state index in [4.69, 9.17) is 14.5 Å². The van der Waals surface area contributed by atoms with Crippen molar-refractivity contribution in [1.29, 1.82) is 0 Å². The minimum absolute atomic E-state index is 0. The van der Waals surface area contributed by atoms with Crippen molar-refractivity contribution < 1.29 is 9.47 Å². The predicted molar refractivity (Wildman–Crippen MR) is 134 cm³/mol. The molecule has 1 unspecified atom stereocenters. The molecule has 0 amide bonds. The average molecular weight is 542 g/mol. The van der Waals surface area contributed by atoms with Gasteiger partial charge in [-0.05, 0) is 37.1 Å². The number of aromatic nitrogens is 2. The van der Waals surface area contributed by atoms with Crippen LogP contribution in [0.25, 0.3) is 0 Å². The lowest BCUT2D eigenvalue weighted by molar-refractivity contribution is 0.0179. The van der Waals surface area contributed by atoms with Crippen LogP contribution in [0.15, 0.2) is 47.7 Å². The smallest absolute Gasteiger partial charge is 0.191 e. The molecule has 2 aromatic rings. The minimum Gasteiger partial charge on any atom is -0.497 e. The topological polar surface area (TPSA) is 75.9 Å². The number of nitrogens with zero attached hydrogens (tertiary/aromatic N) is 4. The van der Waals surface area contributed by atoms with Crippen molar-refractivity contribution in [1.82, 2.24) is 25.3 Å². The van der Waals surface area contributed by atoms with E-state index in [0.29, 0.717) is 6.54 Å². The highest BCUT2D eigenvalue weighted by molar-refractivity contribution is 14.0. The molecular formula is C22H35IN6O2. The summed E-state index contributed by atoms with van der Waals surface area (Å²) < 4.78 is 12.8. The van der Waals surface area contributed by atoms with Crippen LogP contribution >= 0.6 is 24.0 Å². The first-order chi connectivity index (χ1) is 14.8. The summed E-state index contributed by atoms with van der Waals surface area (Å²) in [5.74, 6) is 1.72. The summed E-state index contributed by atoms with van der Waals surface area (Å²) in [5.41, 5.74) is 1.25. The third-order valence-electron chi connectivity index (χ3n) is 5.17. The Labute approximate surface area is 202 Å². The fraction of sp³-hybridized carbons (Fsp3) is 0.545. The number of guanidine groups is 1. The fourth-order valence-corrected chi connectivity index (χ4v) is 3.55. The van der Waals surface area contributed by atoms with Gasteiger partial charge in [-0.3, -0.25) is 14.6 Å². The van der Waals surface area contributed by atoms with Crippen LogP contribution in [0.1, 0.15) is 24.9 Å². The SMILES string of the molecule is CCNC(=NCC(c1ccc(OC)cc1)N1CCOCC1)NCCCn1cccn1.I. The van der Waals surface area contributed by atoms with Gasteiger partial charge in [-0.1, -0.05) is 12.1 Å². The highest BCUT2D eigenvalue weighted by atomic mass is 127. The summed E-state index contributed by atoms with van der Waals surface area (Å²) in [4.78, 5) is 7.36. The molecule has 8 nitrogen and oxygen atoms in total. The van der Waals surface area contributed by atoms with Gasteiger partial charge in [-0.15, -0.1) is 24.0 Å². The first-order valence-electron chi connectivity index (χ1n) is 10.8. The van der Waals surface area contributed by atoms with Crippen LogP contribution in [0.3, 0.4) is 0 Å². The molecule has 9 heteroatoms. The summed E-state index contributed by atoms with van der Waals surface area (Å²) in [6, 6.07) is 10.5. The molecule has 0 saturated carbocycles. The van der Waals surface area contributed by atoms with Gasteiger partial charge in [0.05, 0.1) is 32.9 Å². The van der Waals surface area contributed by atoms with Gasteiger partial charge in [0.1, 0.15) is 5.75 Å². The zero-order chi connectivity index (χ0) is 21.0. The molecule has 1 aromatic carbocycles. The predicted octanol–water partition coefficient (Wildman–Crippen LogP) is 2.53. The lowest BCUT2D eigenvalue weighted by atomic mass is 10.0. The minimum atomic E-state index is 0. The molecule has 172 valence electrons. The molecule has 1 atom stereocenters. The number of benzene rings is 1. The van der Waals surface area contributed by atoms with Crippen molar-refractivity contribution in [3.8, 4) is 5.75 Å². The van der Waals surface area contributed by atoms with Gasteiger partial charge in [0, 0.05) is 45.1 Å². The molecule has 31 heavy (non-hydrogen) atoms. The lowest BCUT2D eigenvalue weighted by Crippen LogP contribution is -2.42. The summed E-state index contributed by atoms with van der Waals surface area (Å²) >= 11 is 0. The van der Waals surface area contributed by atoms with Crippen LogP contribution in [0, 0.1) is 0 Å². The van der Waals surface area contributed by atoms with E-state index in [2.05, 4.69) is 39.7 Å². The van der Waals surface area contributed by atoms with Crippen LogP contribution in [0.2, 0.25) is 0 Å². The van der Waals surface area contributed by atoms with Gasteiger partial charge in [-0.2, -0.15) is 5.10 Å². The number of aryl methyl sites for hydroxylation is 1. The molecular weight excluding hydrogens is 507 g/mol. The van der Waals surface area contributed by atoms with E-state index in [1.807, 2.05) is 35.3 Å². The zero-order valence-corrected chi connectivity index (χ0v) is 20.8. The number of ether oxygens (including phenoxy) is 2. The quantitative estimate of drug-likeness (QED) is 0.208. The Balaban J connectivity index is 0.00000341. The van der Waals surface area contributed by atoms with E-state index >= 15 is 0 Å². The molecule has 0 spiro atoms. The second-order valence-corrected chi connectivity index (χ2v) is 7.21. The maximum Gasteiger partial charge on any atom is 0.191 e. The first-order valence-corrected chi connectivity index (χ1v) is 10.8. The van der Waals surface area contributed by atoms with Crippen molar-refractivity contribution in [2.45, 2.75) is 25.9 Å². The number of morpholine rings is 1. The highest BCUT2D eigenvalue weighted by Crippen LogP contribution is 2.24. The van der Waals surface area contributed by atoms with Gasteiger partial charge in [0.15, 0.2) is 5.96 Å². The van der Waals surface area contributed by atoms with Crippen molar-refractivity contribution in [3.05, 3.63) is 48.3 Å². The van der Waals surface area contributed by atoms with E-state index in [1.165, 1.54) is 5.56 Å². The van der Waals surface area contributed by atoms with Gasteiger partial charge < -0.3 is 20.1 Å². The van der Waals surface area contributed by atoms with Gasteiger partial charge >= 0.3 is 0 Å². The lowest BCUT2D eigenvalue weighted by Gasteiger charge is -2.34. The summed E-state index contributed by atoms with van der Waals surface area (Å²) in [6.45, 7) is 8.70. The Morgan fingerprint density at radius 2 is 2.00 bits per heavy atom. The monoisotopic (exact) mass is 542 g/mol. The van der Waals surface area contributed by atoms with Crippen molar-refractivity contribution in [2.24, 2.45) is 4.99 Å². The second kappa shape index (κ2) is 14.3. The van der Waals surface area contributed by atoms with Crippen LogP contribution in [-0.4, -0.2) is 73.7 Å². The molecule has 1 aromatic heterocycles.